The van der Waals surface area contributed by atoms with Gasteiger partial charge in [0.1, 0.15) is 0 Å². The van der Waals surface area contributed by atoms with Crippen LogP contribution in [-0.2, 0) is 6.54 Å². The zero-order valence-electron chi connectivity index (χ0n) is 9.95. The Morgan fingerprint density at radius 2 is 2.11 bits per heavy atom. The van der Waals surface area contributed by atoms with Crippen molar-refractivity contribution in [1.82, 2.24) is 14.2 Å². The number of aromatic nitrogens is 3. The van der Waals surface area contributed by atoms with Gasteiger partial charge in [-0.15, -0.1) is 5.10 Å². The molecule has 0 unspecified atom stereocenters. The summed E-state index contributed by atoms with van der Waals surface area (Å²) in [5.41, 5.74) is 7.89. The Balaban J connectivity index is 2.03. The molecule has 3 rings (SSSR count). The van der Waals surface area contributed by atoms with Gasteiger partial charge in [-0.1, -0.05) is 12.1 Å². The fourth-order valence-electron chi connectivity index (χ4n) is 1.94. The lowest BCUT2D eigenvalue weighted by Gasteiger charge is -2.03. The van der Waals surface area contributed by atoms with E-state index in [4.69, 9.17) is 5.73 Å². The Morgan fingerprint density at radius 3 is 2.84 bits per heavy atom. The molecule has 0 aliphatic heterocycles. The number of fused-ring (bicyclic) bond motifs is 1. The third-order valence-corrected chi connectivity index (χ3v) is 3.60. The van der Waals surface area contributed by atoms with Gasteiger partial charge < -0.3 is 5.73 Å². The third-order valence-electron chi connectivity index (χ3n) is 2.88. The first-order chi connectivity index (χ1) is 9.15. The number of rotatable bonds is 2. The second-order valence-electron chi connectivity index (χ2n) is 4.22. The maximum Gasteiger partial charge on any atom is 0.350 e. The number of benzene rings is 1. The molecular weight excluding hydrogens is 308 g/mol. The molecule has 0 spiro atoms. The predicted molar refractivity (Wildman–Crippen MR) is 77.1 cm³/mol. The third kappa shape index (κ3) is 2.15. The minimum atomic E-state index is -0.155. The zero-order chi connectivity index (χ0) is 13.4. The van der Waals surface area contributed by atoms with Crippen LogP contribution in [0.3, 0.4) is 0 Å². The molecule has 0 aliphatic carbocycles. The Kier molecular flexibility index (Phi) is 2.87. The van der Waals surface area contributed by atoms with Gasteiger partial charge in [-0.25, -0.2) is 9.48 Å². The molecule has 3 aromatic rings. The first-order valence-electron chi connectivity index (χ1n) is 5.73. The fourth-order valence-corrected chi connectivity index (χ4v) is 2.18. The van der Waals surface area contributed by atoms with Gasteiger partial charge in [0.2, 0.25) is 0 Å². The monoisotopic (exact) mass is 318 g/mol. The highest BCUT2D eigenvalue weighted by Gasteiger charge is 2.07. The summed E-state index contributed by atoms with van der Waals surface area (Å²) in [4.78, 5) is 12.1. The van der Waals surface area contributed by atoms with E-state index < -0.39 is 0 Å². The average molecular weight is 319 g/mol. The average Bonchev–Trinajstić information content (AvgIpc) is 2.72. The standard InChI is InChI=1S/C13H11BrN4O/c14-10-5-4-9(7-11(10)15)8-18-13(19)17-6-2-1-3-12(17)16-18/h1-7H,8,15H2. The van der Waals surface area contributed by atoms with Crippen LogP contribution < -0.4 is 11.4 Å². The van der Waals surface area contributed by atoms with Crippen LogP contribution >= 0.6 is 15.9 Å². The lowest BCUT2D eigenvalue weighted by Crippen LogP contribution is -2.21. The number of halogens is 1. The van der Waals surface area contributed by atoms with E-state index in [0.717, 1.165) is 10.0 Å². The molecule has 0 atom stereocenters. The highest BCUT2D eigenvalue weighted by Crippen LogP contribution is 2.20. The van der Waals surface area contributed by atoms with Crippen LogP contribution in [0.2, 0.25) is 0 Å². The van der Waals surface area contributed by atoms with Gasteiger partial charge in [-0.3, -0.25) is 4.40 Å². The minimum absolute atomic E-state index is 0.155. The van der Waals surface area contributed by atoms with Crippen molar-refractivity contribution in [3.63, 3.8) is 0 Å². The molecule has 96 valence electrons. The summed E-state index contributed by atoms with van der Waals surface area (Å²) < 4.78 is 3.79. The number of anilines is 1. The number of nitrogen functional groups attached to an aromatic ring is 1. The van der Waals surface area contributed by atoms with Crippen LogP contribution in [0.5, 0.6) is 0 Å². The SMILES string of the molecule is Nc1cc(Cn2nc3ccccn3c2=O)ccc1Br. The van der Waals surface area contributed by atoms with Crippen LogP contribution in [-0.4, -0.2) is 14.2 Å². The van der Waals surface area contributed by atoms with E-state index in [1.807, 2.05) is 24.3 Å². The smallest absolute Gasteiger partial charge is 0.350 e. The quantitative estimate of drug-likeness (QED) is 0.734. The Bertz CT molecular complexity index is 806. The highest BCUT2D eigenvalue weighted by molar-refractivity contribution is 9.10. The van der Waals surface area contributed by atoms with Crippen molar-refractivity contribution >= 4 is 27.3 Å². The molecule has 0 amide bonds. The van der Waals surface area contributed by atoms with Gasteiger partial charge in [0.25, 0.3) is 0 Å². The maximum atomic E-state index is 12.1. The Labute approximate surface area is 117 Å². The molecule has 0 radical (unpaired) electrons. The van der Waals surface area contributed by atoms with E-state index >= 15 is 0 Å². The van der Waals surface area contributed by atoms with Crippen LogP contribution in [0.1, 0.15) is 5.56 Å². The Morgan fingerprint density at radius 1 is 1.26 bits per heavy atom. The predicted octanol–water partition coefficient (Wildman–Crippen LogP) is 1.89. The first kappa shape index (κ1) is 12.0. The number of nitrogens with two attached hydrogens (primary N) is 1. The lowest BCUT2D eigenvalue weighted by atomic mass is 10.2. The number of hydrogen-bond acceptors (Lipinski definition) is 3. The zero-order valence-corrected chi connectivity index (χ0v) is 11.5. The van der Waals surface area contributed by atoms with Gasteiger partial charge in [-0.2, -0.15) is 0 Å². The molecule has 0 saturated heterocycles. The molecule has 5 nitrogen and oxygen atoms in total. The molecule has 6 heteroatoms. The van der Waals surface area contributed by atoms with Gasteiger partial charge in [-0.05, 0) is 45.8 Å². The molecule has 2 N–H and O–H groups in total. The fraction of sp³-hybridized carbons (Fsp3) is 0.0769. The van der Waals surface area contributed by atoms with E-state index in [1.165, 1.54) is 9.08 Å². The van der Waals surface area contributed by atoms with Gasteiger partial charge >= 0.3 is 5.69 Å². The van der Waals surface area contributed by atoms with Crippen LogP contribution in [0.25, 0.3) is 5.65 Å². The molecule has 0 aliphatic rings. The first-order valence-corrected chi connectivity index (χ1v) is 6.52. The van der Waals surface area contributed by atoms with Crippen molar-refractivity contribution in [3.8, 4) is 0 Å². The second kappa shape index (κ2) is 4.55. The largest absolute Gasteiger partial charge is 0.398 e. The molecule has 0 saturated carbocycles. The highest BCUT2D eigenvalue weighted by atomic mass is 79.9. The number of pyridine rings is 1. The maximum absolute atomic E-state index is 12.1. The van der Waals surface area contributed by atoms with Crippen molar-refractivity contribution < 1.29 is 0 Å². The van der Waals surface area contributed by atoms with Gasteiger partial charge in [0, 0.05) is 16.4 Å². The summed E-state index contributed by atoms with van der Waals surface area (Å²) in [7, 11) is 0. The van der Waals surface area contributed by atoms with Crippen molar-refractivity contribution in [2.45, 2.75) is 6.54 Å². The van der Waals surface area contributed by atoms with E-state index in [9.17, 15) is 4.79 Å². The molecular formula is C13H11BrN4O. The van der Waals surface area contributed by atoms with Crippen LogP contribution in [0, 0.1) is 0 Å². The second-order valence-corrected chi connectivity index (χ2v) is 5.08. The molecule has 2 heterocycles. The Hall–Kier alpha value is -2.08. The van der Waals surface area contributed by atoms with Crippen molar-refractivity contribution in [2.24, 2.45) is 0 Å². The molecule has 19 heavy (non-hydrogen) atoms. The van der Waals surface area contributed by atoms with Gasteiger partial charge in [0.15, 0.2) is 5.65 Å². The molecule has 0 fully saturated rings. The van der Waals surface area contributed by atoms with Crippen molar-refractivity contribution in [3.05, 3.63) is 63.1 Å². The minimum Gasteiger partial charge on any atom is -0.398 e. The topological polar surface area (TPSA) is 65.3 Å². The van der Waals surface area contributed by atoms with Crippen molar-refractivity contribution in [1.29, 1.82) is 0 Å². The van der Waals surface area contributed by atoms with Crippen LogP contribution in [0.15, 0.2) is 51.9 Å². The summed E-state index contributed by atoms with van der Waals surface area (Å²) in [6.07, 6.45) is 1.71. The van der Waals surface area contributed by atoms with Gasteiger partial charge in [0.05, 0.1) is 6.54 Å². The molecule has 2 aromatic heterocycles. The summed E-state index contributed by atoms with van der Waals surface area (Å²) >= 11 is 3.34. The molecule has 1 aromatic carbocycles. The van der Waals surface area contributed by atoms with E-state index in [2.05, 4.69) is 21.0 Å². The summed E-state index contributed by atoms with van der Waals surface area (Å²) in [6, 6.07) is 11.1. The van der Waals surface area contributed by atoms with E-state index in [1.54, 1.807) is 18.3 Å². The lowest BCUT2D eigenvalue weighted by molar-refractivity contribution is 0.659. The summed E-state index contributed by atoms with van der Waals surface area (Å²) in [6.45, 7) is 0.401. The molecule has 0 bridgehead atoms. The van der Waals surface area contributed by atoms with Crippen molar-refractivity contribution in [2.75, 3.05) is 5.73 Å². The summed E-state index contributed by atoms with van der Waals surface area (Å²) in [5.74, 6) is 0. The number of hydrogen-bond donors (Lipinski definition) is 1. The normalized spacial score (nSPS) is 11.0. The van der Waals surface area contributed by atoms with E-state index in [0.29, 0.717) is 17.9 Å². The number of nitrogens with zero attached hydrogens (tertiary/aromatic N) is 3. The van der Waals surface area contributed by atoms with E-state index in [-0.39, 0.29) is 5.69 Å². The van der Waals surface area contributed by atoms with Crippen LogP contribution in [0.4, 0.5) is 5.69 Å². The summed E-state index contributed by atoms with van der Waals surface area (Å²) in [5, 5.41) is 4.27.